The normalized spacial score (nSPS) is 24.1. The van der Waals surface area contributed by atoms with E-state index < -0.39 is 0 Å². The number of halogens is 1. The van der Waals surface area contributed by atoms with Crippen molar-refractivity contribution in [1.82, 2.24) is 5.32 Å². The van der Waals surface area contributed by atoms with Gasteiger partial charge in [0.1, 0.15) is 0 Å². The van der Waals surface area contributed by atoms with Crippen LogP contribution in [0.5, 0.6) is 0 Å². The van der Waals surface area contributed by atoms with Gasteiger partial charge in [-0.1, -0.05) is 17.7 Å². The summed E-state index contributed by atoms with van der Waals surface area (Å²) in [5, 5.41) is 14.0. The standard InChI is InChI=1S/C16H23ClN2O/c1-11(20)13-6-7-19(10-13)15-5-2-12(16(17)8-15)9-18-14-3-4-14/h2,5,8,11,13-14,18,20H,3-4,6-7,9-10H2,1H3. The molecule has 1 saturated heterocycles. The molecule has 20 heavy (non-hydrogen) atoms. The summed E-state index contributed by atoms with van der Waals surface area (Å²) >= 11 is 6.39. The molecule has 2 fully saturated rings. The smallest absolute Gasteiger partial charge is 0.0557 e. The fourth-order valence-corrected chi connectivity index (χ4v) is 3.08. The Bertz CT molecular complexity index is 474. The molecule has 0 bridgehead atoms. The summed E-state index contributed by atoms with van der Waals surface area (Å²) in [4.78, 5) is 2.32. The highest BCUT2D eigenvalue weighted by molar-refractivity contribution is 6.31. The lowest BCUT2D eigenvalue weighted by molar-refractivity contribution is 0.136. The second-order valence-corrected chi connectivity index (χ2v) is 6.57. The van der Waals surface area contributed by atoms with E-state index in [1.54, 1.807) is 0 Å². The number of hydrogen-bond acceptors (Lipinski definition) is 3. The maximum atomic E-state index is 9.68. The van der Waals surface area contributed by atoms with E-state index in [4.69, 9.17) is 11.6 Å². The molecule has 2 unspecified atom stereocenters. The van der Waals surface area contributed by atoms with Gasteiger partial charge >= 0.3 is 0 Å². The molecule has 1 aromatic carbocycles. The van der Waals surface area contributed by atoms with Crippen LogP contribution in [-0.2, 0) is 6.54 Å². The number of rotatable bonds is 5. The number of aliphatic hydroxyl groups is 1. The zero-order chi connectivity index (χ0) is 14.1. The number of anilines is 1. The Hall–Kier alpha value is -0.770. The van der Waals surface area contributed by atoms with Crippen LogP contribution < -0.4 is 10.2 Å². The molecule has 3 nitrogen and oxygen atoms in total. The van der Waals surface area contributed by atoms with Gasteiger partial charge in [-0.2, -0.15) is 0 Å². The van der Waals surface area contributed by atoms with Crippen molar-refractivity contribution >= 4 is 17.3 Å². The van der Waals surface area contributed by atoms with Crippen LogP contribution in [0.1, 0.15) is 31.7 Å². The van der Waals surface area contributed by atoms with Crippen molar-refractivity contribution in [2.75, 3.05) is 18.0 Å². The second kappa shape index (κ2) is 5.92. The molecule has 2 atom stereocenters. The van der Waals surface area contributed by atoms with Gasteiger partial charge in [-0.25, -0.2) is 0 Å². The van der Waals surface area contributed by atoms with Crippen molar-refractivity contribution in [3.8, 4) is 0 Å². The molecule has 0 amide bonds. The van der Waals surface area contributed by atoms with E-state index in [2.05, 4.69) is 28.4 Å². The predicted molar refractivity (Wildman–Crippen MR) is 83.3 cm³/mol. The van der Waals surface area contributed by atoms with Crippen LogP contribution in [0.15, 0.2) is 18.2 Å². The van der Waals surface area contributed by atoms with Gasteiger partial charge in [0, 0.05) is 42.3 Å². The first kappa shape index (κ1) is 14.2. The zero-order valence-corrected chi connectivity index (χ0v) is 12.7. The highest BCUT2D eigenvalue weighted by atomic mass is 35.5. The van der Waals surface area contributed by atoms with Gasteiger partial charge in [0.05, 0.1) is 6.10 Å². The molecule has 1 aromatic rings. The average molecular weight is 295 g/mol. The molecular formula is C16H23ClN2O. The fourth-order valence-electron chi connectivity index (χ4n) is 2.83. The average Bonchev–Trinajstić information content (AvgIpc) is 3.11. The van der Waals surface area contributed by atoms with Crippen LogP contribution in [0.3, 0.4) is 0 Å². The van der Waals surface area contributed by atoms with E-state index in [0.717, 1.165) is 31.1 Å². The molecular weight excluding hydrogens is 272 g/mol. The van der Waals surface area contributed by atoms with Crippen molar-refractivity contribution < 1.29 is 5.11 Å². The van der Waals surface area contributed by atoms with Gasteiger partial charge < -0.3 is 15.3 Å². The zero-order valence-electron chi connectivity index (χ0n) is 12.0. The fraction of sp³-hybridized carbons (Fsp3) is 0.625. The third kappa shape index (κ3) is 3.27. The minimum absolute atomic E-state index is 0.225. The first-order valence-electron chi connectivity index (χ1n) is 7.58. The minimum atomic E-state index is -0.225. The molecule has 1 saturated carbocycles. The molecule has 0 aromatic heterocycles. The lowest BCUT2D eigenvalue weighted by Gasteiger charge is -2.20. The molecule has 3 rings (SSSR count). The predicted octanol–water partition coefficient (Wildman–Crippen LogP) is 2.80. The van der Waals surface area contributed by atoms with Crippen molar-refractivity contribution in [1.29, 1.82) is 0 Å². The Balaban J connectivity index is 1.64. The number of aliphatic hydroxyl groups excluding tert-OH is 1. The van der Waals surface area contributed by atoms with E-state index in [-0.39, 0.29) is 6.10 Å². The van der Waals surface area contributed by atoms with Crippen LogP contribution in [-0.4, -0.2) is 30.3 Å². The van der Waals surface area contributed by atoms with E-state index in [1.165, 1.54) is 24.1 Å². The van der Waals surface area contributed by atoms with Crippen molar-refractivity contribution in [2.24, 2.45) is 5.92 Å². The molecule has 4 heteroatoms. The number of benzene rings is 1. The number of nitrogens with one attached hydrogen (secondary N) is 1. The summed E-state index contributed by atoms with van der Waals surface area (Å²) in [7, 11) is 0. The Labute approximate surface area is 125 Å². The highest BCUT2D eigenvalue weighted by Gasteiger charge is 2.26. The van der Waals surface area contributed by atoms with Crippen LogP contribution in [0.25, 0.3) is 0 Å². The summed E-state index contributed by atoms with van der Waals surface area (Å²) in [6.07, 6.45) is 3.42. The maximum Gasteiger partial charge on any atom is 0.0557 e. The molecule has 0 radical (unpaired) electrons. The second-order valence-electron chi connectivity index (χ2n) is 6.17. The molecule has 110 valence electrons. The van der Waals surface area contributed by atoms with Gasteiger partial charge in [0.25, 0.3) is 0 Å². The van der Waals surface area contributed by atoms with Crippen LogP contribution in [0.2, 0.25) is 5.02 Å². The van der Waals surface area contributed by atoms with E-state index in [0.29, 0.717) is 12.0 Å². The van der Waals surface area contributed by atoms with Crippen LogP contribution in [0.4, 0.5) is 5.69 Å². The lowest BCUT2D eigenvalue weighted by Crippen LogP contribution is -2.24. The van der Waals surface area contributed by atoms with Gasteiger partial charge in [0.2, 0.25) is 0 Å². The molecule has 1 aliphatic carbocycles. The Morgan fingerprint density at radius 1 is 1.40 bits per heavy atom. The van der Waals surface area contributed by atoms with Crippen LogP contribution >= 0.6 is 11.6 Å². The van der Waals surface area contributed by atoms with Gasteiger partial charge in [-0.15, -0.1) is 0 Å². The number of nitrogens with zero attached hydrogens (tertiary/aromatic N) is 1. The molecule has 1 heterocycles. The molecule has 2 aliphatic rings. The van der Waals surface area contributed by atoms with E-state index in [9.17, 15) is 5.11 Å². The summed E-state index contributed by atoms with van der Waals surface area (Å²) in [5.74, 6) is 0.380. The SMILES string of the molecule is CC(O)C1CCN(c2ccc(CNC3CC3)c(Cl)c2)C1. The third-order valence-electron chi connectivity index (χ3n) is 4.47. The Morgan fingerprint density at radius 2 is 2.20 bits per heavy atom. The summed E-state index contributed by atoms with van der Waals surface area (Å²) in [6.45, 7) is 4.67. The maximum absolute atomic E-state index is 9.68. The van der Waals surface area contributed by atoms with Gasteiger partial charge in [-0.05, 0) is 43.9 Å². The van der Waals surface area contributed by atoms with Crippen molar-refractivity contribution in [3.05, 3.63) is 28.8 Å². The monoisotopic (exact) mass is 294 g/mol. The summed E-state index contributed by atoms with van der Waals surface area (Å²) in [6, 6.07) is 7.05. The Kier molecular flexibility index (Phi) is 4.20. The topological polar surface area (TPSA) is 35.5 Å². The minimum Gasteiger partial charge on any atom is -0.393 e. The van der Waals surface area contributed by atoms with Crippen molar-refractivity contribution in [2.45, 2.75) is 44.9 Å². The summed E-state index contributed by atoms with van der Waals surface area (Å²) in [5.41, 5.74) is 2.35. The number of hydrogen-bond donors (Lipinski definition) is 2. The Morgan fingerprint density at radius 3 is 2.80 bits per heavy atom. The molecule has 0 spiro atoms. The largest absolute Gasteiger partial charge is 0.393 e. The van der Waals surface area contributed by atoms with Crippen LogP contribution in [0, 0.1) is 5.92 Å². The lowest BCUT2D eigenvalue weighted by atomic mass is 10.0. The first-order chi connectivity index (χ1) is 9.63. The van der Waals surface area contributed by atoms with Gasteiger partial charge in [0.15, 0.2) is 0 Å². The van der Waals surface area contributed by atoms with Crippen molar-refractivity contribution in [3.63, 3.8) is 0 Å². The third-order valence-corrected chi connectivity index (χ3v) is 4.82. The van der Waals surface area contributed by atoms with E-state index >= 15 is 0 Å². The van der Waals surface area contributed by atoms with Gasteiger partial charge in [-0.3, -0.25) is 0 Å². The molecule has 2 N–H and O–H groups in total. The summed E-state index contributed by atoms with van der Waals surface area (Å²) < 4.78 is 0. The van der Waals surface area contributed by atoms with E-state index in [1.807, 2.05) is 6.92 Å². The highest BCUT2D eigenvalue weighted by Crippen LogP contribution is 2.29. The molecule has 1 aliphatic heterocycles. The first-order valence-corrected chi connectivity index (χ1v) is 7.96. The quantitative estimate of drug-likeness (QED) is 0.876.